The summed E-state index contributed by atoms with van der Waals surface area (Å²) in [5, 5.41) is 3.60. The predicted molar refractivity (Wildman–Crippen MR) is 106 cm³/mol. The van der Waals surface area contributed by atoms with Crippen LogP contribution >= 0.6 is 11.6 Å². The number of carbonyl (C=O) groups is 2. The molecular formula is C20H23ClN4O2. The van der Waals surface area contributed by atoms with Gasteiger partial charge in [-0.25, -0.2) is 0 Å². The van der Waals surface area contributed by atoms with Crippen molar-refractivity contribution in [2.75, 3.05) is 37.6 Å². The van der Waals surface area contributed by atoms with E-state index >= 15 is 0 Å². The normalized spacial score (nSPS) is 14.1. The average molecular weight is 387 g/mol. The fourth-order valence-corrected chi connectivity index (χ4v) is 3.34. The third-order valence-electron chi connectivity index (χ3n) is 4.65. The zero-order valence-electron chi connectivity index (χ0n) is 15.3. The standard InChI is InChI=1S/C20H23ClN4O2/c1-15(26)24-9-11-25(12-10-24)18-6-8-22-19(14-18)20(27)23-7-5-16-3-2-4-17(21)13-16/h2-4,6,8,13-14H,5,7,9-12H2,1H3,(H,23,27). The third kappa shape index (κ3) is 5.20. The van der Waals surface area contributed by atoms with Crippen LogP contribution in [-0.2, 0) is 11.2 Å². The van der Waals surface area contributed by atoms with Crippen molar-refractivity contribution in [1.29, 1.82) is 0 Å². The minimum absolute atomic E-state index is 0.101. The zero-order chi connectivity index (χ0) is 19.2. The van der Waals surface area contributed by atoms with Gasteiger partial charge in [0.2, 0.25) is 5.91 Å². The summed E-state index contributed by atoms with van der Waals surface area (Å²) in [4.78, 5) is 32.0. The van der Waals surface area contributed by atoms with Gasteiger partial charge in [0, 0.05) is 56.6 Å². The van der Waals surface area contributed by atoms with E-state index in [9.17, 15) is 9.59 Å². The van der Waals surface area contributed by atoms with Crippen LogP contribution in [0, 0.1) is 0 Å². The van der Waals surface area contributed by atoms with Gasteiger partial charge >= 0.3 is 0 Å². The molecule has 0 bridgehead atoms. The lowest BCUT2D eigenvalue weighted by atomic mass is 10.1. The van der Waals surface area contributed by atoms with Crippen molar-refractivity contribution < 1.29 is 9.59 Å². The number of pyridine rings is 1. The molecule has 0 aliphatic carbocycles. The van der Waals surface area contributed by atoms with E-state index in [-0.39, 0.29) is 11.8 Å². The van der Waals surface area contributed by atoms with Crippen LogP contribution in [0.15, 0.2) is 42.6 Å². The summed E-state index contributed by atoms with van der Waals surface area (Å²) >= 11 is 5.98. The Labute approximate surface area is 164 Å². The molecule has 1 N–H and O–H groups in total. The molecule has 7 heteroatoms. The molecule has 0 saturated carbocycles. The summed E-state index contributed by atoms with van der Waals surface area (Å²) in [5.74, 6) is -0.0922. The molecule has 0 atom stereocenters. The zero-order valence-corrected chi connectivity index (χ0v) is 16.1. The summed E-state index contributed by atoms with van der Waals surface area (Å²) in [7, 11) is 0. The van der Waals surface area contributed by atoms with Gasteiger partial charge in [-0.05, 0) is 36.2 Å². The second-order valence-electron chi connectivity index (χ2n) is 6.53. The van der Waals surface area contributed by atoms with Crippen molar-refractivity contribution in [1.82, 2.24) is 15.2 Å². The molecule has 2 amide bonds. The summed E-state index contributed by atoms with van der Waals surface area (Å²) in [6, 6.07) is 11.3. The van der Waals surface area contributed by atoms with Gasteiger partial charge in [-0.1, -0.05) is 23.7 Å². The first-order valence-electron chi connectivity index (χ1n) is 9.02. The van der Waals surface area contributed by atoms with Crippen molar-refractivity contribution in [3.05, 3.63) is 58.9 Å². The van der Waals surface area contributed by atoms with Crippen LogP contribution in [0.5, 0.6) is 0 Å². The molecule has 1 aliphatic heterocycles. The number of aromatic nitrogens is 1. The molecule has 0 radical (unpaired) electrons. The highest BCUT2D eigenvalue weighted by molar-refractivity contribution is 6.30. The molecule has 0 spiro atoms. The molecule has 3 rings (SSSR count). The summed E-state index contributed by atoms with van der Waals surface area (Å²) in [6.45, 7) is 4.99. The van der Waals surface area contributed by atoms with Gasteiger partial charge in [0.15, 0.2) is 0 Å². The lowest BCUT2D eigenvalue weighted by Gasteiger charge is -2.35. The number of anilines is 1. The Hall–Kier alpha value is -2.60. The quantitative estimate of drug-likeness (QED) is 0.856. The van der Waals surface area contributed by atoms with E-state index in [1.807, 2.05) is 35.2 Å². The van der Waals surface area contributed by atoms with E-state index < -0.39 is 0 Å². The maximum Gasteiger partial charge on any atom is 0.269 e. The van der Waals surface area contributed by atoms with E-state index in [1.165, 1.54) is 0 Å². The lowest BCUT2D eigenvalue weighted by Crippen LogP contribution is -2.48. The number of halogens is 1. The Morgan fingerprint density at radius 3 is 2.63 bits per heavy atom. The second kappa shape index (κ2) is 8.86. The number of hydrogen-bond acceptors (Lipinski definition) is 4. The van der Waals surface area contributed by atoms with Crippen LogP contribution in [0.4, 0.5) is 5.69 Å². The molecule has 1 fully saturated rings. The van der Waals surface area contributed by atoms with Crippen molar-refractivity contribution in [3.63, 3.8) is 0 Å². The number of nitrogens with zero attached hydrogens (tertiary/aromatic N) is 3. The molecule has 1 aliphatic rings. The smallest absolute Gasteiger partial charge is 0.269 e. The van der Waals surface area contributed by atoms with Crippen molar-refractivity contribution >= 4 is 29.1 Å². The number of carbonyl (C=O) groups excluding carboxylic acids is 2. The Balaban J connectivity index is 1.55. The number of rotatable bonds is 5. The maximum atomic E-state index is 12.4. The Bertz CT molecular complexity index is 819. The highest BCUT2D eigenvalue weighted by atomic mass is 35.5. The molecule has 142 valence electrons. The predicted octanol–water partition coefficient (Wildman–Crippen LogP) is 2.38. The van der Waals surface area contributed by atoms with E-state index in [4.69, 9.17) is 11.6 Å². The lowest BCUT2D eigenvalue weighted by molar-refractivity contribution is -0.129. The van der Waals surface area contributed by atoms with Crippen molar-refractivity contribution in [2.24, 2.45) is 0 Å². The molecule has 1 saturated heterocycles. The minimum atomic E-state index is -0.193. The van der Waals surface area contributed by atoms with Crippen LogP contribution in [0.3, 0.4) is 0 Å². The SMILES string of the molecule is CC(=O)N1CCN(c2ccnc(C(=O)NCCc3cccc(Cl)c3)c2)CC1. The first-order valence-corrected chi connectivity index (χ1v) is 9.40. The van der Waals surface area contributed by atoms with E-state index in [0.29, 0.717) is 36.8 Å². The monoisotopic (exact) mass is 386 g/mol. The first-order chi connectivity index (χ1) is 13.0. The average Bonchev–Trinajstić information content (AvgIpc) is 2.68. The van der Waals surface area contributed by atoms with Gasteiger partial charge in [-0.2, -0.15) is 0 Å². The van der Waals surface area contributed by atoms with E-state index in [0.717, 1.165) is 24.3 Å². The van der Waals surface area contributed by atoms with Crippen LogP contribution in [-0.4, -0.2) is 54.4 Å². The molecule has 27 heavy (non-hydrogen) atoms. The Kier molecular flexibility index (Phi) is 6.29. The molecule has 1 aromatic carbocycles. The van der Waals surface area contributed by atoms with Gasteiger partial charge in [-0.3, -0.25) is 14.6 Å². The Morgan fingerprint density at radius 1 is 1.15 bits per heavy atom. The summed E-state index contributed by atoms with van der Waals surface area (Å²) < 4.78 is 0. The van der Waals surface area contributed by atoms with Crippen LogP contribution in [0.1, 0.15) is 23.0 Å². The minimum Gasteiger partial charge on any atom is -0.368 e. The highest BCUT2D eigenvalue weighted by Gasteiger charge is 2.19. The van der Waals surface area contributed by atoms with Gasteiger partial charge in [0.25, 0.3) is 5.91 Å². The van der Waals surface area contributed by atoms with E-state index in [1.54, 1.807) is 19.2 Å². The summed E-state index contributed by atoms with van der Waals surface area (Å²) in [5.41, 5.74) is 2.42. The van der Waals surface area contributed by atoms with Crippen LogP contribution in [0.2, 0.25) is 5.02 Å². The topological polar surface area (TPSA) is 65.5 Å². The van der Waals surface area contributed by atoms with Gasteiger partial charge in [-0.15, -0.1) is 0 Å². The molecule has 0 unspecified atom stereocenters. The number of hydrogen-bond donors (Lipinski definition) is 1. The first kappa shape index (κ1) is 19.2. The third-order valence-corrected chi connectivity index (χ3v) is 4.89. The maximum absolute atomic E-state index is 12.4. The van der Waals surface area contributed by atoms with Crippen LogP contribution < -0.4 is 10.2 Å². The van der Waals surface area contributed by atoms with Gasteiger partial charge in [0.1, 0.15) is 5.69 Å². The number of nitrogens with one attached hydrogen (secondary N) is 1. The fraction of sp³-hybridized carbons (Fsp3) is 0.350. The molecule has 6 nitrogen and oxygen atoms in total. The van der Waals surface area contributed by atoms with Gasteiger partial charge < -0.3 is 15.1 Å². The van der Waals surface area contributed by atoms with Crippen molar-refractivity contribution in [2.45, 2.75) is 13.3 Å². The number of amides is 2. The van der Waals surface area contributed by atoms with Gasteiger partial charge in [0.05, 0.1) is 0 Å². The molecular weight excluding hydrogens is 364 g/mol. The number of benzene rings is 1. The largest absolute Gasteiger partial charge is 0.368 e. The van der Waals surface area contributed by atoms with Crippen LogP contribution in [0.25, 0.3) is 0 Å². The molecule has 2 aromatic rings. The Morgan fingerprint density at radius 2 is 1.93 bits per heavy atom. The number of piperazine rings is 1. The molecule has 1 aromatic heterocycles. The summed E-state index contributed by atoms with van der Waals surface area (Å²) in [6.07, 6.45) is 2.36. The highest BCUT2D eigenvalue weighted by Crippen LogP contribution is 2.17. The fourth-order valence-electron chi connectivity index (χ4n) is 3.12. The molecule has 2 heterocycles. The van der Waals surface area contributed by atoms with E-state index in [2.05, 4.69) is 15.2 Å². The second-order valence-corrected chi connectivity index (χ2v) is 6.96. The van der Waals surface area contributed by atoms with Crippen molar-refractivity contribution in [3.8, 4) is 0 Å².